The van der Waals surface area contributed by atoms with Gasteiger partial charge in [-0.05, 0) is 72.8 Å². The van der Waals surface area contributed by atoms with Crippen molar-refractivity contribution >= 4 is 35.8 Å². The van der Waals surface area contributed by atoms with E-state index in [2.05, 4.69) is 0 Å². The minimum absolute atomic E-state index is 0.0484. The van der Waals surface area contributed by atoms with Crippen molar-refractivity contribution < 1.29 is 81.6 Å². The summed E-state index contributed by atoms with van der Waals surface area (Å²) in [5.41, 5.74) is 0.368. The SMILES string of the molecule is O=C(O[C@@H]1[C@@H](OC(=O)c2ccccc2)[C@H](OC[C@H]2OC(O)[C@H](OC(=O)c3ccccc3)[C@@H](OC(=O)c3ccccc3)[C@@H]2OC(=O)c2ccccc2)O[C@H](CO)[C@H]1OC(=O)c1ccccc1)c1ccccc1. The van der Waals surface area contributed by atoms with Crippen molar-refractivity contribution in [3.05, 3.63) is 215 Å². The lowest BCUT2D eigenvalue weighted by Crippen LogP contribution is -2.64. The van der Waals surface area contributed by atoms with Crippen LogP contribution in [0.15, 0.2) is 182 Å². The summed E-state index contributed by atoms with van der Waals surface area (Å²) in [5, 5.41) is 22.6. The van der Waals surface area contributed by atoms with E-state index in [9.17, 15) is 39.0 Å². The average molecular weight is 967 g/mol. The van der Waals surface area contributed by atoms with E-state index < -0.39 is 110 Å². The molecule has 2 N–H and O–H groups in total. The van der Waals surface area contributed by atoms with Crippen molar-refractivity contribution in [3.8, 4) is 0 Å². The van der Waals surface area contributed by atoms with Gasteiger partial charge in [-0.3, -0.25) is 0 Å². The molecule has 0 radical (unpaired) electrons. The number of hydrogen-bond donors (Lipinski definition) is 2. The molecular weight excluding hydrogens is 921 g/mol. The first-order chi connectivity index (χ1) is 34.6. The molecule has 6 aromatic rings. The summed E-state index contributed by atoms with van der Waals surface area (Å²) in [5.74, 6) is -5.67. The van der Waals surface area contributed by atoms with E-state index in [4.69, 9.17) is 42.6 Å². The summed E-state index contributed by atoms with van der Waals surface area (Å²) in [7, 11) is 0. The minimum atomic E-state index is -2.08. The van der Waals surface area contributed by atoms with Crippen molar-refractivity contribution in [2.45, 2.75) is 61.4 Å². The van der Waals surface area contributed by atoms with Gasteiger partial charge < -0.3 is 52.8 Å². The van der Waals surface area contributed by atoms with Crippen molar-refractivity contribution in [1.29, 1.82) is 0 Å². The van der Waals surface area contributed by atoms with Gasteiger partial charge in [0, 0.05) is 0 Å². The number of hydrogen-bond acceptors (Lipinski definition) is 17. The summed E-state index contributed by atoms with van der Waals surface area (Å²) in [6.45, 7) is -1.63. The number of esters is 6. The lowest BCUT2D eigenvalue weighted by molar-refractivity contribution is -0.323. The Kier molecular flexibility index (Phi) is 16.3. The predicted octanol–water partition coefficient (Wildman–Crippen LogP) is 5.79. The van der Waals surface area contributed by atoms with E-state index in [-0.39, 0.29) is 33.4 Å². The van der Waals surface area contributed by atoms with E-state index in [0.717, 1.165) is 0 Å². The summed E-state index contributed by atoms with van der Waals surface area (Å²) < 4.78 is 54.4. The maximum absolute atomic E-state index is 14.0. The van der Waals surface area contributed by atoms with Gasteiger partial charge in [-0.25, -0.2) is 28.8 Å². The Balaban J connectivity index is 1.17. The van der Waals surface area contributed by atoms with Crippen LogP contribution in [0.2, 0.25) is 0 Å². The Bertz CT molecular complexity index is 2730. The van der Waals surface area contributed by atoms with Crippen LogP contribution in [0.25, 0.3) is 0 Å². The van der Waals surface area contributed by atoms with Crippen LogP contribution in [0, 0.1) is 0 Å². The summed E-state index contributed by atoms with van der Waals surface area (Å²) in [6, 6.07) is 46.5. The third-order valence-corrected chi connectivity index (χ3v) is 11.3. The fourth-order valence-corrected chi connectivity index (χ4v) is 7.78. The molecule has 0 aliphatic carbocycles. The van der Waals surface area contributed by atoms with Crippen LogP contribution in [-0.2, 0) is 42.6 Å². The number of carbonyl (C=O) groups is 6. The highest BCUT2D eigenvalue weighted by Gasteiger charge is 2.56. The van der Waals surface area contributed by atoms with Gasteiger partial charge >= 0.3 is 35.8 Å². The Hall–Kier alpha value is -8.06. The van der Waals surface area contributed by atoms with Gasteiger partial charge in [0.2, 0.25) is 0 Å². The Morgan fingerprint density at radius 2 is 0.620 bits per heavy atom. The number of ether oxygens (including phenoxy) is 9. The zero-order valence-electron chi connectivity index (χ0n) is 37.5. The van der Waals surface area contributed by atoms with Crippen LogP contribution in [0.5, 0.6) is 0 Å². The molecule has 364 valence electrons. The van der Waals surface area contributed by atoms with Crippen molar-refractivity contribution in [2.24, 2.45) is 0 Å². The molecule has 71 heavy (non-hydrogen) atoms. The molecule has 2 fully saturated rings. The van der Waals surface area contributed by atoms with Crippen LogP contribution < -0.4 is 0 Å². The predicted molar refractivity (Wildman–Crippen MR) is 246 cm³/mol. The van der Waals surface area contributed by atoms with Crippen molar-refractivity contribution in [2.75, 3.05) is 13.2 Å². The topological polar surface area (TPSA) is 226 Å². The molecule has 2 saturated heterocycles. The third kappa shape index (κ3) is 12.2. The molecule has 2 aliphatic rings. The van der Waals surface area contributed by atoms with Crippen LogP contribution in [-0.4, -0.2) is 121 Å². The molecule has 2 heterocycles. The molecule has 2 aliphatic heterocycles. The molecule has 10 atom stereocenters. The molecule has 8 rings (SSSR count). The van der Waals surface area contributed by atoms with E-state index in [1.807, 2.05) is 0 Å². The number of aliphatic hydroxyl groups excluding tert-OH is 2. The Morgan fingerprint density at radius 3 is 0.944 bits per heavy atom. The number of carbonyl (C=O) groups excluding carboxylic acids is 6. The van der Waals surface area contributed by atoms with E-state index >= 15 is 0 Å². The highest BCUT2D eigenvalue weighted by molar-refractivity contribution is 5.92. The molecule has 0 spiro atoms. The quantitative estimate of drug-likeness (QED) is 0.0864. The van der Waals surface area contributed by atoms with Gasteiger partial charge in [-0.2, -0.15) is 0 Å². The van der Waals surface area contributed by atoms with Gasteiger partial charge in [0.25, 0.3) is 0 Å². The third-order valence-electron chi connectivity index (χ3n) is 11.3. The molecular formula is C54H46O17. The lowest BCUT2D eigenvalue weighted by Gasteiger charge is -2.45. The first-order valence-corrected chi connectivity index (χ1v) is 22.4. The monoisotopic (exact) mass is 966 g/mol. The standard InChI is InChI=1S/C54H46O17/c55-31-39-41(66-47(56)33-19-7-1-8-20-33)44(69-50(59)36-25-13-4-14-26-36)46(71-52(61)38-29-17-6-18-30-38)54(65-39)63-32-40-42(67-48(57)34-21-9-2-10-22-34)43(68-49(58)35-23-11-3-12-24-35)45(53(62)64-40)70-51(60)37-27-15-5-16-28-37/h1-30,39-46,53-55,62H,31-32H2/t39-,40-,41-,42-,43+,44+,45-,46-,53?,54-/m1/s1. The van der Waals surface area contributed by atoms with Crippen molar-refractivity contribution in [1.82, 2.24) is 0 Å². The number of aliphatic hydroxyl groups is 2. The Morgan fingerprint density at radius 1 is 0.352 bits per heavy atom. The number of rotatable bonds is 16. The average Bonchev–Trinajstić information content (AvgIpc) is 3.42. The second-order valence-electron chi connectivity index (χ2n) is 16.0. The smallest absolute Gasteiger partial charge is 0.338 e. The molecule has 0 amide bonds. The summed E-state index contributed by atoms with van der Waals surface area (Å²) in [6.07, 6.45) is -17.7. The molecule has 17 heteroatoms. The van der Waals surface area contributed by atoms with E-state index in [1.165, 1.54) is 72.8 Å². The maximum atomic E-state index is 14.0. The fraction of sp³-hybridized carbons (Fsp3) is 0.222. The second kappa shape index (κ2) is 23.5. The van der Waals surface area contributed by atoms with Gasteiger partial charge in [0.15, 0.2) is 49.2 Å². The first kappa shape index (κ1) is 49.4. The normalized spacial score (nSPS) is 23.7. The van der Waals surface area contributed by atoms with Crippen LogP contribution in [0.1, 0.15) is 62.1 Å². The highest BCUT2D eigenvalue weighted by atomic mass is 16.7. The van der Waals surface area contributed by atoms with Gasteiger partial charge in [0.1, 0.15) is 12.2 Å². The first-order valence-electron chi connectivity index (χ1n) is 22.4. The van der Waals surface area contributed by atoms with Gasteiger partial charge in [0.05, 0.1) is 46.6 Å². The van der Waals surface area contributed by atoms with Gasteiger partial charge in [-0.15, -0.1) is 0 Å². The summed E-state index contributed by atoms with van der Waals surface area (Å²) >= 11 is 0. The molecule has 0 aromatic heterocycles. The fourth-order valence-electron chi connectivity index (χ4n) is 7.78. The summed E-state index contributed by atoms with van der Waals surface area (Å²) in [4.78, 5) is 83.0. The molecule has 6 aromatic carbocycles. The second-order valence-corrected chi connectivity index (χ2v) is 16.0. The minimum Gasteiger partial charge on any atom is -0.452 e. The maximum Gasteiger partial charge on any atom is 0.338 e. The lowest BCUT2D eigenvalue weighted by atomic mass is 9.96. The Labute approximate surface area is 406 Å². The van der Waals surface area contributed by atoms with Crippen LogP contribution in [0.4, 0.5) is 0 Å². The zero-order chi connectivity index (χ0) is 49.7. The van der Waals surface area contributed by atoms with Crippen LogP contribution >= 0.6 is 0 Å². The molecule has 17 nitrogen and oxygen atoms in total. The highest BCUT2D eigenvalue weighted by Crippen LogP contribution is 2.34. The largest absolute Gasteiger partial charge is 0.452 e. The molecule has 0 saturated carbocycles. The molecule has 0 bridgehead atoms. The van der Waals surface area contributed by atoms with Crippen molar-refractivity contribution in [3.63, 3.8) is 0 Å². The van der Waals surface area contributed by atoms with E-state index in [1.54, 1.807) is 109 Å². The molecule has 1 unspecified atom stereocenters. The van der Waals surface area contributed by atoms with Gasteiger partial charge in [-0.1, -0.05) is 109 Å². The van der Waals surface area contributed by atoms with Crippen LogP contribution in [0.3, 0.4) is 0 Å². The van der Waals surface area contributed by atoms with E-state index in [0.29, 0.717) is 0 Å². The zero-order valence-corrected chi connectivity index (χ0v) is 37.5. The number of benzene rings is 6.